The number of quaternary nitrogens is 1. The van der Waals surface area contributed by atoms with Gasteiger partial charge in [0.25, 0.3) is 0 Å². The number of amides is 1. The Hall–Kier alpha value is -6.85. The Morgan fingerprint density at radius 1 is 0.654 bits per heavy atom. The highest BCUT2D eigenvalue weighted by atomic mass is 35.5. The average molecular weight is 735 g/mol. The number of hydrogen-bond donors (Lipinski definition) is 7. The number of nitrogens with zero attached hydrogens (tertiary/aromatic N) is 4. The maximum Gasteiger partial charge on any atom is 0.335 e. The topological polar surface area (TPSA) is 223 Å². The Morgan fingerprint density at radius 3 is 1.46 bits per heavy atom. The molecule has 11 N–H and O–H groups in total. The first-order valence-corrected chi connectivity index (χ1v) is 14.6. The molecule has 0 fully saturated rings. The number of hydrogen-bond acceptors (Lipinski definition) is 8. The number of nitrogens with two attached hydrogens (primary N) is 1. The van der Waals surface area contributed by atoms with Crippen molar-refractivity contribution in [2.24, 2.45) is 15.7 Å². The highest BCUT2D eigenvalue weighted by molar-refractivity contribution is 6.14. The standard InChI is InChI=1S/C17H11F2N5O.C17H10F2N4O2.ClH.H3N.H2/c18-10-2-1-3-11(19)14(10)17-22-12-5-4-8(16(20)25)6-9(12)15-13(23-17)7-21-24-15;18-10-2-1-3-11(19)14(10)16-21-12-5-4-8(17(24)25)6-9(12)15-13(22-16)7-20-23-15;;;/h1-7H,(H2,20,25)(H,21,24)(H,22,23);1-7H,(H,20,23)(H,21,22)(H,24,25);1H;1H3;1H. The molecule has 266 valence electrons. The van der Waals surface area contributed by atoms with E-state index in [1.807, 2.05) is 0 Å². The van der Waals surface area contributed by atoms with Crippen LogP contribution in [0.4, 0.5) is 40.3 Å². The van der Waals surface area contributed by atoms with Gasteiger partial charge in [-0.05, 0) is 60.7 Å². The molecular weight excluding hydrogens is 708 g/mol. The maximum atomic E-state index is 14.2. The molecule has 52 heavy (non-hydrogen) atoms. The van der Waals surface area contributed by atoms with Crippen LogP contribution >= 0.6 is 0 Å². The minimum Gasteiger partial charge on any atom is -1.00 e. The third-order valence-corrected chi connectivity index (χ3v) is 7.71. The van der Waals surface area contributed by atoms with Gasteiger partial charge in [-0.3, -0.25) is 15.0 Å². The summed E-state index contributed by atoms with van der Waals surface area (Å²) in [6, 6.07) is 16.0. The van der Waals surface area contributed by atoms with Crippen molar-refractivity contribution in [1.82, 2.24) is 26.5 Å². The number of nitrogens with one attached hydrogen (secondary N) is 4. The van der Waals surface area contributed by atoms with E-state index in [1.165, 1.54) is 48.8 Å². The number of carbonyl (C=O) groups is 2. The summed E-state index contributed by atoms with van der Waals surface area (Å²) < 4.78 is 56.6. The number of carboxylic acid groups (broad SMARTS) is 1. The average Bonchev–Trinajstić information content (AvgIpc) is 3.68. The molecule has 0 saturated carbocycles. The molecule has 2 aliphatic rings. The molecule has 1 amide bonds. The number of primary amides is 1. The number of halogens is 5. The fraction of sp³-hybridized carbons (Fsp3) is 0. The fourth-order valence-corrected chi connectivity index (χ4v) is 5.36. The Morgan fingerprint density at radius 2 is 1.06 bits per heavy atom. The number of H-pyrrole nitrogens is 2. The molecular formula is C34H27ClF4N10O3. The summed E-state index contributed by atoms with van der Waals surface area (Å²) in [6.07, 6.45) is 2.90. The molecule has 0 unspecified atom stereocenters. The molecule has 0 bridgehead atoms. The number of aromatic carboxylic acids is 1. The van der Waals surface area contributed by atoms with Gasteiger partial charge in [0, 0.05) is 18.1 Å². The highest BCUT2D eigenvalue weighted by Gasteiger charge is 2.25. The Labute approximate surface area is 298 Å². The lowest BCUT2D eigenvalue weighted by molar-refractivity contribution is -0.0000360. The molecule has 0 aliphatic carbocycles. The molecule has 0 atom stereocenters. The number of rotatable bonds is 4. The predicted octanol–water partition coefficient (Wildman–Crippen LogP) is 4.14. The molecule has 4 heterocycles. The fourth-order valence-electron chi connectivity index (χ4n) is 5.36. The summed E-state index contributed by atoms with van der Waals surface area (Å²) >= 11 is 0. The Bertz CT molecular complexity index is 2230. The normalized spacial score (nSPS) is 12.0. The summed E-state index contributed by atoms with van der Waals surface area (Å²) in [5, 5.41) is 28.3. The highest BCUT2D eigenvalue weighted by Crippen LogP contribution is 2.39. The molecule has 2 aliphatic heterocycles. The summed E-state index contributed by atoms with van der Waals surface area (Å²) in [4.78, 5) is 31.3. The number of aromatic nitrogens is 4. The van der Waals surface area contributed by atoms with Crippen molar-refractivity contribution in [1.29, 1.82) is 0 Å². The van der Waals surface area contributed by atoms with E-state index in [9.17, 15) is 32.3 Å². The molecule has 0 spiro atoms. The first kappa shape index (κ1) is 36.4. The van der Waals surface area contributed by atoms with Gasteiger partial charge >= 0.3 is 5.97 Å². The zero-order valence-electron chi connectivity index (χ0n) is 26.6. The van der Waals surface area contributed by atoms with E-state index in [4.69, 9.17) is 5.73 Å². The van der Waals surface area contributed by atoms with E-state index < -0.39 is 35.1 Å². The Kier molecular flexibility index (Phi) is 10.2. The van der Waals surface area contributed by atoms with Crippen molar-refractivity contribution in [3.05, 3.63) is 131 Å². The van der Waals surface area contributed by atoms with Gasteiger partial charge in [-0.2, -0.15) is 10.2 Å². The van der Waals surface area contributed by atoms with Crippen molar-refractivity contribution in [2.75, 3.05) is 10.6 Å². The molecule has 0 radical (unpaired) electrons. The van der Waals surface area contributed by atoms with Crippen LogP contribution in [0.15, 0.2) is 95.2 Å². The van der Waals surface area contributed by atoms with Gasteiger partial charge in [0.1, 0.15) is 34.9 Å². The molecule has 8 rings (SSSR count). The zero-order chi connectivity index (χ0) is 35.1. The van der Waals surface area contributed by atoms with Gasteiger partial charge in [-0.1, -0.05) is 12.1 Å². The molecule has 13 nitrogen and oxygen atoms in total. The minimum atomic E-state index is -1.09. The SMILES string of the molecule is NC(=O)c1ccc2c(c1)-c1[nH]ncc1NC(c1c(F)cccc1F)=N2.O=C(O)c1ccc2c(c1)-c1[nH]ncc1NC(c1c(F)cccc1F)=N2.[Cl-].[HH].[NH4+]. The van der Waals surface area contributed by atoms with Gasteiger partial charge in [-0.25, -0.2) is 32.3 Å². The summed E-state index contributed by atoms with van der Waals surface area (Å²) in [7, 11) is 0. The smallest absolute Gasteiger partial charge is 0.335 e. The molecule has 18 heteroatoms. The van der Waals surface area contributed by atoms with E-state index in [1.54, 1.807) is 12.1 Å². The molecule has 4 aromatic carbocycles. The monoisotopic (exact) mass is 734 g/mol. The quantitative estimate of drug-likeness (QED) is 0.131. The van der Waals surface area contributed by atoms with Gasteiger partial charge in [0.2, 0.25) is 5.91 Å². The number of aromatic amines is 2. The maximum absolute atomic E-state index is 14.2. The second-order valence-corrected chi connectivity index (χ2v) is 10.8. The molecule has 2 aromatic heterocycles. The van der Waals surface area contributed by atoms with Crippen molar-refractivity contribution in [2.45, 2.75) is 0 Å². The largest absolute Gasteiger partial charge is 1.00 e. The van der Waals surface area contributed by atoms with Crippen LogP contribution in [-0.4, -0.2) is 49.0 Å². The van der Waals surface area contributed by atoms with E-state index in [-0.39, 0.29) is 53.9 Å². The van der Waals surface area contributed by atoms with Crippen LogP contribution in [0.1, 0.15) is 33.3 Å². The minimum absolute atomic E-state index is 0. The number of aliphatic imine (C=N–C) groups is 2. The van der Waals surface area contributed by atoms with Crippen LogP contribution in [-0.2, 0) is 0 Å². The van der Waals surface area contributed by atoms with E-state index in [2.05, 4.69) is 41.0 Å². The van der Waals surface area contributed by atoms with Crippen molar-refractivity contribution in [3.8, 4) is 22.5 Å². The van der Waals surface area contributed by atoms with Gasteiger partial charge in [0.15, 0.2) is 0 Å². The second kappa shape index (κ2) is 14.6. The summed E-state index contributed by atoms with van der Waals surface area (Å²) in [5.41, 5.74) is 8.80. The van der Waals surface area contributed by atoms with Crippen LogP contribution in [0, 0.1) is 23.3 Å². The number of anilines is 2. The molecule has 6 aromatic rings. The summed E-state index contributed by atoms with van der Waals surface area (Å²) in [6.45, 7) is 0. The number of carbonyl (C=O) groups excluding carboxylic acids is 1. The number of amidine groups is 2. The van der Waals surface area contributed by atoms with Gasteiger partial charge in [-0.15, -0.1) is 0 Å². The zero-order valence-corrected chi connectivity index (χ0v) is 27.4. The first-order chi connectivity index (χ1) is 24.1. The lowest BCUT2D eigenvalue weighted by Crippen LogP contribution is -3.00. The van der Waals surface area contributed by atoms with Gasteiger partial charge < -0.3 is 40.0 Å². The predicted molar refractivity (Wildman–Crippen MR) is 184 cm³/mol. The second-order valence-electron chi connectivity index (χ2n) is 10.8. The van der Waals surface area contributed by atoms with Crippen LogP contribution in [0.2, 0.25) is 0 Å². The third-order valence-electron chi connectivity index (χ3n) is 7.71. The number of carboxylic acids is 1. The third kappa shape index (κ3) is 6.68. The summed E-state index contributed by atoms with van der Waals surface area (Å²) in [5.74, 6) is -4.72. The Balaban J connectivity index is 0.000000224. The van der Waals surface area contributed by atoms with E-state index >= 15 is 0 Å². The van der Waals surface area contributed by atoms with Crippen molar-refractivity contribution >= 4 is 46.3 Å². The lowest BCUT2D eigenvalue weighted by Gasteiger charge is -2.09. The molecule has 0 saturated heterocycles. The van der Waals surface area contributed by atoms with Crippen molar-refractivity contribution in [3.63, 3.8) is 0 Å². The van der Waals surface area contributed by atoms with Crippen molar-refractivity contribution < 1.29 is 46.1 Å². The lowest BCUT2D eigenvalue weighted by atomic mass is 10.0. The van der Waals surface area contributed by atoms with E-state index in [0.717, 1.165) is 24.3 Å². The number of benzene rings is 4. The van der Waals surface area contributed by atoms with Crippen LogP contribution in [0.5, 0.6) is 0 Å². The van der Waals surface area contributed by atoms with Crippen LogP contribution in [0.3, 0.4) is 0 Å². The number of fused-ring (bicyclic) bond motifs is 6. The van der Waals surface area contributed by atoms with Gasteiger partial charge in [0.05, 0.1) is 63.2 Å². The first-order valence-electron chi connectivity index (χ1n) is 14.6. The van der Waals surface area contributed by atoms with Crippen LogP contribution in [0.25, 0.3) is 22.5 Å². The van der Waals surface area contributed by atoms with Crippen LogP contribution < -0.4 is 34.9 Å². The van der Waals surface area contributed by atoms with E-state index in [0.29, 0.717) is 45.3 Å².